The summed E-state index contributed by atoms with van der Waals surface area (Å²) in [6.45, 7) is -0.180. The monoisotopic (exact) mass is 198 g/mol. The predicted molar refractivity (Wildman–Crippen MR) is 54.7 cm³/mol. The van der Waals surface area contributed by atoms with Gasteiger partial charge in [-0.05, 0) is 17.7 Å². The number of nitrogens with two attached hydrogens (primary N) is 1. The van der Waals surface area contributed by atoms with E-state index in [0.717, 1.165) is 0 Å². The maximum Gasteiger partial charge on any atom is 0.146 e. The minimum Gasteiger partial charge on any atom is -0.394 e. The summed E-state index contributed by atoms with van der Waals surface area (Å²) < 4.78 is 13.4. The average molecular weight is 198 g/mol. The van der Waals surface area contributed by atoms with Crippen LogP contribution >= 0.6 is 0 Å². The quantitative estimate of drug-likeness (QED) is 0.758. The molecule has 0 fully saturated rings. The first-order chi connectivity index (χ1) is 6.56. The third-order valence-electron chi connectivity index (χ3n) is 2.08. The molecule has 0 saturated carbocycles. The molecule has 0 amide bonds. The Labute approximate surface area is 83.0 Å². The molecule has 1 unspecified atom stereocenters. The molecule has 0 aliphatic heterocycles. The molecule has 1 atom stereocenters. The van der Waals surface area contributed by atoms with Crippen molar-refractivity contribution in [1.82, 2.24) is 0 Å². The van der Waals surface area contributed by atoms with Gasteiger partial charge in [0.2, 0.25) is 0 Å². The van der Waals surface area contributed by atoms with Gasteiger partial charge in [0.15, 0.2) is 0 Å². The number of benzene rings is 1. The van der Waals surface area contributed by atoms with Crippen molar-refractivity contribution < 1.29 is 9.50 Å². The van der Waals surface area contributed by atoms with Crippen molar-refractivity contribution in [2.24, 2.45) is 5.73 Å². The Kier molecular flexibility index (Phi) is 3.43. The molecule has 0 spiro atoms. The summed E-state index contributed by atoms with van der Waals surface area (Å²) in [6, 6.07) is 4.22. The molecule has 0 bridgehead atoms. The molecule has 4 heteroatoms. The van der Waals surface area contributed by atoms with Crippen LogP contribution in [-0.4, -0.2) is 25.8 Å². The van der Waals surface area contributed by atoms with E-state index in [2.05, 4.69) is 0 Å². The zero-order chi connectivity index (χ0) is 10.7. The molecule has 0 aromatic heterocycles. The third-order valence-corrected chi connectivity index (χ3v) is 2.08. The first kappa shape index (κ1) is 10.9. The van der Waals surface area contributed by atoms with Gasteiger partial charge in [0.1, 0.15) is 5.82 Å². The van der Waals surface area contributed by atoms with Gasteiger partial charge in [-0.2, -0.15) is 0 Å². The second-order valence-electron chi connectivity index (χ2n) is 3.39. The summed E-state index contributed by atoms with van der Waals surface area (Å²) in [4.78, 5) is 1.68. The summed E-state index contributed by atoms with van der Waals surface area (Å²) in [7, 11) is 3.54. The first-order valence-electron chi connectivity index (χ1n) is 4.39. The lowest BCUT2D eigenvalue weighted by Crippen LogP contribution is -2.16. The van der Waals surface area contributed by atoms with Gasteiger partial charge in [-0.25, -0.2) is 4.39 Å². The highest BCUT2D eigenvalue weighted by atomic mass is 19.1. The number of rotatable bonds is 3. The third kappa shape index (κ3) is 2.21. The van der Waals surface area contributed by atoms with E-state index in [9.17, 15) is 4.39 Å². The molecule has 1 aromatic rings. The minimum atomic E-state index is -0.513. The molecule has 0 aliphatic carbocycles. The van der Waals surface area contributed by atoms with Crippen LogP contribution in [0.3, 0.4) is 0 Å². The van der Waals surface area contributed by atoms with Crippen molar-refractivity contribution in [2.45, 2.75) is 6.04 Å². The van der Waals surface area contributed by atoms with Gasteiger partial charge in [0.25, 0.3) is 0 Å². The number of anilines is 1. The van der Waals surface area contributed by atoms with Crippen molar-refractivity contribution in [3.8, 4) is 0 Å². The molecular weight excluding hydrogens is 183 g/mol. The van der Waals surface area contributed by atoms with E-state index in [1.807, 2.05) is 0 Å². The fraction of sp³-hybridized carbons (Fsp3) is 0.400. The van der Waals surface area contributed by atoms with E-state index < -0.39 is 6.04 Å². The fourth-order valence-electron chi connectivity index (χ4n) is 1.22. The Bertz CT molecular complexity index is 315. The highest BCUT2D eigenvalue weighted by Gasteiger charge is 2.09. The van der Waals surface area contributed by atoms with Gasteiger partial charge in [0.05, 0.1) is 18.3 Å². The van der Waals surface area contributed by atoms with Gasteiger partial charge < -0.3 is 15.7 Å². The average Bonchev–Trinajstić information content (AvgIpc) is 2.15. The maximum absolute atomic E-state index is 13.4. The summed E-state index contributed by atoms with van der Waals surface area (Å²) in [5.41, 5.74) is 6.68. The van der Waals surface area contributed by atoms with Crippen molar-refractivity contribution in [2.75, 3.05) is 25.6 Å². The minimum absolute atomic E-state index is 0.180. The normalized spacial score (nSPS) is 12.6. The fourth-order valence-corrected chi connectivity index (χ4v) is 1.22. The molecular formula is C10H15FN2O. The molecule has 1 rings (SSSR count). The van der Waals surface area contributed by atoms with Gasteiger partial charge in [-0.1, -0.05) is 6.07 Å². The van der Waals surface area contributed by atoms with Gasteiger partial charge in [-0.3, -0.25) is 0 Å². The second kappa shape index (κ2) is 4.39. The van der Waals surface area contributed by atoms with Crippen LogP contribution in [-0.2, 0) is 0 Å². The Morgan fingerprint density at radius 1 is 1.50 bits per heavy atom. The molecule has 0 aliphatic rings. The number of aliphatic hydroxyl groups is 1. The van der Waals surface area contributed by atoms with Crippen LogP contribution in [0.2, 0.25) is 0 Å². The van der Waals surface area contributed by atoms with Crippen LogP contribution in [0.15, 0.2) is 18.2 Å². The zero-order valence-corrected chi connectivity index (χ0v) is 8.37. The van der Waals surface area contributed by atoms with E-state index in [1.54, 1.807) is 31.1 Å². The lowest BCUT2D eigenvalue weighted by Gasteiger charge is -2.15. The van der Waals surface area contributed by atoms with E-state index in [1.165, 1.54) is 6.07 Å². The van der Waals surface area contributed by atoms with E-state index >= 15 is 0 Å². The summed E-state index contributed by atoms with van der Waals surface area (Å²) >= 11 is 0. The lowest BCUT2D eigenvalue weighted by atomic mass is 10.1. The van der Waals surface area contributed by atoms with Crippen molar-refractivity contribution in [3.05, 3.63) is 29.6 Å². The Balaban J connectivity index is 3.00. The number of aliphatic hydroxyl groups excluding tert-OH is 1. The van der Waals surface area contributed by atoms with Crippen LogP contribution in [0, 0.1) is 5.82 Å². The van der Waals surface area contributed by atoms with Crippen LogP contribution in [0.1, 0.15) is 11.6 Å². The highest BCUT2D eigenvalue weighted by molar-refractivity contribution is 5.48. The SMILES string of the molecule is CN(C)c1ccc(C(N)CO)cc1F. The topological polar surface area (TPSA) is 49.5 Å². The van der Waals surface area contributed by atoms with Crippen molar-refractivity contribution in [3.63, 3.8) is 0 Å². The molecule has 0 saturated heterocycles. The maximum atomic E-state index is 13.4. The smallest absolute Gasteiger partial charge is 0.146 e. The van der Waals surface area contributed by atoms with Crippen LogP contribution in [0.25, 0.3) is 0 Å². The lowest BCUT2D eigenvalue weighted by molar-refractivity contribution is 0.268. The molecule has 3 nitrogen and oxygen atoms in total. The van der Waals surface area contributed by atoms with Crippen LogP contribution < -0.4 is 10.6 Å². The first-order valence-corrected chi connectivity index (χ1v) is 4.39. The molecule has 0 radical (unpaired) electrons. The van der Waals surface area contributed by atoms with Crippen molar-refractivity contribution >= 4 is 5.69 Å². The zero-order valence-electron chi connectivity index (χ0n) is 8.37. The van der Waals surface area contributed by atoms with Gasteiger partial charge in [0, 0.05) is 14.1 Å². The van der Waals surface area contributed by atoms with E-state index in [0.29, 0.717) is 11.3 Å². The van der Waals surface area contributed by atoms with E-state index in [4.69, 9.17) is 10.8 Å². The van der Waals surface area contributed by atoms with Gasteiger partial charge >= 0.3 is 0 Å². The highest BCUT2D eigenvalue weighted by Crippen LogP contribution is 2.20. The van der Waals surface area contributed by atoms with Crippen molar-refractivity contribution in [1.29, 1.82) is 0 Å². The van der Waals surface area contributed by atoms with Crippen LogP contribution in [0.5, 0.6) is 0 Å². The molecule has 3 N–H and O–H groups in total. The second-order valence-corrected chi connectivity index (χ2v) is 3.39. The van der Waals surface area contributed by atoms with Gasteiger partial charge in [-0.15, -0.1) is 0 Å². The number of hydrogen-bond donors (Lipinski definition) is 2. The molecule has 0 heterocycles. The number of nitrogens with zero attached hydrogens (tertiary/aromatic N) is 1. The standard InChI is InChI=1S/C10H15FN2O/c1-13(2)10-4-3-7(5-8(10)11)9(12)6-14/h3-5,9,14H,6,12H2,1-2H3. The summed E-state index contributed by atoms with van der Waals surface area (Å²) in [5.74, 6) is -0.323. The number of halogens is 1. The predicted octanol–water partition coefficient (Wildman–Crippen LogP) is 0.884. The van der Waals surface area contributed by atoms with E-state index in [-0.39, 0.29) is 12.4 Å². The molecule has 14 heavy (non-hydrogen) atoms. The van der Waals surface area contributed by atoms with Crippen LogP contribution in [0.4, 0.5) is 10.1 Å². The Hall–Kier alpha value is -1.13. The Morgan fingerprint density at radius 3 is 2.57 bits per heavy atom. The summed E-state index contributed by atoms with van der Waals surface area (Å²) in [5, 5.41) is 8.80. The molecule has 1 aromatic carbocycles. The largest absolute Gasteiger partial charge is 0.394 e. The molecule has 78 valence electrons. The summed E-state index contributed by atoms with van der Waals surface area (Å²) in [6.07, 6.45) is 0. The Morgan fingerprint density at radius 2 is 2.14 bits per heavy atom. The number of hydrogen-bond acceptors (Lipinski definition) is 3.